The minimum atomic E-state index is -0.195. The van der Waals surface area contributed by atoms with Crippen LogP contribution in [0.4, 0.5) is 0 Å². The lowest BCUT2D eigenvalue weighted by Crippen LogP contribution is -2.06. The summed E-state index contributed by atoms with van der Waals surface area (Å²) in [5.74, 6) is -0.386. The first-order chi connectivity index (χ1) is 7.70. The Hall–Kier alpha value is -2.47. The van der Waals surface area contributed by atoms with Crippen LogP contribution in [-0.2, 0) is 9.59 Å². The van der Waals surface area contributed by atoms with E-state index in [-0.39, 0.29) is 11.6 Å². The van der Waals surface area contributed by atoms with Gasteiger partial charge in [-0.1, -0.05) is 12.1 Å². The highest BCUT2D eigenvalue weighted by molar-refractivity contribution is 6.33. The van der Waals surface area contributed by atoms with Crippen LogP contribution < -0.4 is 0 Å². The Morgan fingerprint density at radius 2 is 1.69 bits per heavy atom. The van der Waals surface area contributed by atoms with Crippen molar-refractivity contribution in [1.29, 1.82) is 5.26 Å². The number of allylic oxidation sites excluding steroid dienone is 4. The lowest BCUT2D eigenvalue weighted by molar-refractivity contribution is -0.113. The largest absolute Gasteiger partial charge is 0.290 e. The molecule has 0 bridgehead atoms. The molecule has 3 heteroatoms. The van der Waals surface area contributed by atoms with E-state index in [4.69, 9.17) is 5.26 Å². The molecule has 0 amide bonds. The molecule has 0 saturated carbocycles. The van der Waals surface area contributed by atoms with E-state index in [9.17, 15) is 9.59 Å². The van der Waals surface area contributed by atoms with Crippen LogP contribution in [0, 0.1) is 11.3 Å². The maximum atomic E-state index is 11.5. The van der Waals surface area contributed by atoms with Crippen molar-refractivity contribution in [2.24, 2.45) is 0 Å². The van der Waals surface area contributed by atoms with E-state index in [0.717, 1.165) is 0 Å². The second-order valence-electron chi connectivity index (χ2n) is 3.35. The SMILES string of the molecule is N#Cc1ccc(C2=CC(=O)C=CC2=O)cc1. The number of rotatable bonds is 1. The van der Waals surface area contributed by atoms with E-state index in [0.29, 0.717) is 16.7 Å². The summed E-state index contributed by atoms with van der Waals surface area (Å²) in [6.07, 6.45) is 3.81. The minimum Gasteiger partial charge on any atom is -0.290 e. The van der Waals surface area contributed by atoms with Gasteiger partial charge in [-0.05, 0) is 35.9 Å². The molecule has 1 aromatic rings. The summed E-state index contributed by atoms with van der Waals surface area (Å²) in [6, 6.07) is 8.55. The van der Waals surface area contributed by atoms with Crippen molar-refractivity contribution in [3.05, 3.63) is 53.6 Å². The van der Waals surface area contributed by atoms with Gasteiger partial charge in [0, 0.05) is 5.57 Å². The molecular formula is C13H7NO2. The maximum absolute atomic E-state index is 11.5. The van der Waals surface area contributed by atoms with E-state index in [1.54, 1.807) is 24.3 Å². The Balaban J connectivity index is 2.41. The summed E-state index contributed by atoms with van der Waals surface area (Å²) in [6.45, 7) is 0. The van der Waals surface area contributed by atoms with Gasteiger partial charge in [0.2, 0.25) is 0 Å². The Morgan fingerprint density at radius 3 is 2.31 bits per heavy atom. The van der Waals surface area contributed by atoms with Crippen molar-refractivity contribution in [3.8, 4) is 6.07 Å². The fraction of sp³-hybridized carbons (Fsp3) is 0. The highest BCUT2D eigenvalue weighted by atomic mass is 16.1. The molecule has 16 heavy (non-hydrogen) atoms. The van der Waals surface area contributed by atoms with Crippen LogP contribution in [0.1, 0.15) is 11.1 Å². The van der Waals surface area contributed by atoms with Gasteiger partial charge < -0.3 is 0 Å². The second-order valence-corrected chi connectivity index (χ2v) is 3.35. The molecule has 0 fully saturated rings. The topological polar surface area (TPSA) is 57.9 Å². The van der Waals surface area contributed by atoms with Crippen LogP contribution in [0.15, 0.2) is 42.5 Å². The summed E-state index contributed by atoms with van der Waals surface area (Å²) in [7, 11) is 0. The first-order valence-corrected chi connectivity index (χ1v) is 4.69. The zero-order valence-corrected chi connectivity index (χ0v) is 8.31. The summed E-state index contributed by atoms with van der Waals surface area (Å²) in [4.78, 5) is 22.7. The Morgan fingerprint density at radius 1 is 1.00 bits per heavy atom. The van der Waals surface area contributed by atoms with Gasteiger partial charge in [-0.25, -0.2) is 0 Å². The predicted octanol–water partition coefficient (Wildman–Crippen LogP) is 1.65. The Kier molecular flexibility index (Phi) is 2.49. The Bertz CT molecular complexity index is 557. The van der Waals surface area contributed by atoms with E-state index in [2.05, 4.69) is 0 Å². The van der Waals surface area contributed by atoms with Crippen molar-refractivity contribution in [1.82, 2.24) is 0 Å². The molecule has 3 nitrogen and oxygen atoms in total. The third-order valence-electron chi connectivity index (χ3n) is 2.28. The van der Waals surface area contributed by atoms with Crippen LogP contribution in [0.25, 0.3) is 5.57 Å². The van der Waals surface area contributed by atoms with Crippen molar-refractivity contribution in [2.45, 2.75) is 0 Å². The predicted molar refractivity (Wildman–Crippen MR) is 58.3 cm³/mol. The van der Waals surface area contributed by atoms with E-state index in [1.807, 2.05) is 6.07 Å². The molecule has 0 spiro atoms. The molecule has 1 aromatic carbocycles. The third-order valence-corrected chi connectivity index (χ3v) is 2.28. The molecule has 0 N–H and O–H groups in total. The molecule has 0 aromatic heterocycles. The molecule has 0 heterocycles. The van der Waals surface area contributed by atoms with Crippen LogP contribution in [0.5, 0.6) is 0 Å². The average molecular weight is 209 g/mol. The number of carbonyl (C=O) groups excluding carboxylic acids is 2. The number of ketones is 2. The first-order valence-electron chi connectivity index (χ1n) is 4.69. The lowest BCUT2D eigenvalue weighted by Gasteiger charge is -2.06. The summed E-state index contributed by atoms with van der Waals surface area (Å²) >= 11 is 0. The smallest absolute Gasteiger partial charge is 0.186 e. The monoisotopic (exact) mass is 209 g/mol. The average Bonchev–Trinajstić information content (AvgIpc) is 2.32. The molecule has 0 saturated heterocycles. The van der Waals surface area contributed by atoms with Crippen molar-refractivity contribution < 1.29 is 9.59 Å². The number of nitrogens with zero attached hydrogens (tertiary/aromatic N) is 1. The molecule has 0 atom stereocenters. The van der Waals surface area contributed by atoms with Gasteiger partial charge >= 0.3 is 0 Å². The zero-order chi connectivity index (χ0) is 11.5. The van der Waals surface area contributed by atoms with Gasteiger partial charge in [-0.15, -0.1) is 0 Å². The molecular weight excluding hydrogens is 202 g/mol. The highest BCUT2D eigenvalue weighted by Gasteiger charge is 2.14. The maximum Gasteiger partial charge on any atom is 0.186 e. The van der Waals surface area contributed by atoms with Gasteiger partial charge in [0.25, 0.3) is 0 Å². The normalized spacial score (nSPS) is 14.6. The zero-order valence-electron chi connectivity index (χ0n) is 8.31. The summed E-state index contributed by atoms with van der Waals surface area (Å²) in [5, 5.41) is 8.64. The molecule has 76 valence electrons. The molecule has 0 aliphatic heterocycles. The van der Waals surface area contributed by atoms with E-state index >= 15 is 0 Å². The quantitative estimate of drug-likeness (QED) is 0.661. The number of benzene rings is 1. The molecule has 2 rings (SSSR count). The van der Waals surface area contributed by atoms with Gasteiger partial charge in [-0.2, -0.15) is 5.26 Å². The molecule has 0 radical (unpaired) electrons. The van der Waals surface area contributed by atoms with Crippen LogP contribution in [-0.4, -0.2) is 11.6 Å². The van der Waals surface area contributed by atoms with Crippen LogP contribution in [0.3, 0.4) is 0 Å². The number of hydrogen-bond acceptors (Lipinski definition) is 3. The molecule has 1 aliphatic carbocycles. The highest BCUT2D eigenvalue weighted by Crippen LogP contribution is 2.19. The standard InChI is InChI=1S/C13H7NO2/c14-8-9-1-3-10(4-2-9)12-7-11(15)5-6-13(12)16/h1-7H. The van der Waals surface area contributed by atoms with E-state index in [1.165, 1.54) is 18.2 Å². The van der Waals surface area contributed by atoms with Crippen molar-refractivity contribution in [2.75, 3.05) is 0 Å². The van der Waals surface area contributed by atoms with E-state index < -0.39 is 0 Å². The van der Waals surface area contributed by atoms with Gasteiger partial charge in [0.15, 0.2) is 11.6 Å². The number of nitriles is 1. The minimum absolute atomic E-state index is 0.190. The van der Waals surface area contributed by atoms with Crippen molar-refractivity contribution in [3.63, 3.8) is 0 Å². The molecule has 1 aliphatic rings. The van der Waals surface area contributed by atoms with Crippen molar-refractivity contribution >= 4 is 17.1 Å². The summed E-state index contributed by atoms with van der Waals surface area (Å²) < 4.78 is 0. The summed E-state index contributed by atoms with van der Waals surface area (Å²) in [5.41, 5.74) is 1.55. The number of hydrogen-bond donors (Lipinski definition) is 0. The van der Waals surface area contributed by atoms with Gasteiger partial charge in [0.05, 0.1) is 11.6 Å². The van der Waals surface area contributed by atoms with Gasteiger partial charge in [-0.3, -0.25) is 9.59 Å². The molecule has 0 unspecified atom stereocenters. The second kappa shape index (κ2) is 3.95. The third kappa shape index (κ3) is 1.82. The number of carbonyl (C=O) groups is 2. The fourth-order valence-electron chi connectivity index (χ4n) is 1.46. The fourth-order valence-corrected chi connectivity index (χ4v) is 1.46. The van der Waals surface area contributed by atoms with Crippen LogP contribution in [0.2, 0.25) is 0 Å². The van der Waals surface area contributed by atoms with Gasteiger partial charge in [0.1, 0.15) is 0 Å². The first kappa shape index (κ1) is 10.1. The van der Waals surface area contributed by atoms with Crippen LogP contribution >= 0.6 is 0 Å². The lowest BCUT2D eigenvalue weighted by atomic mass is 9.96. The Labute approximate surface area is 92.3 Å².